The smallest absolute Gasteiger partial charge is 0.239 e. The van der Waals surface area contributed by atoms with Gasteiger partial charge >= 0.3 is 0 Å². The van der Waals surface area contributed by atoms with Crippen molar-refractivity contribution in [2.75, 3.05) is 0 Å². The number of benzene rings is 1. The lowest BCUT2D eigenvalue weighted by Crippen LogP contribution is -2.31. The number of nitrogens with zero attached hydrogens (tertiary/aromatic N) is 4. The summed E-state index contributed by atoms with van der Waals surface area (Å²) in [5.41, 5.74) is 2.39. The van der Waals surface area contributed by atoms with Gasteiger partial charge in [-0.2, -0.15) is 10.2 Å². The standard InChI is InChI=1S/C15H12N4O3/c1-11(17-16-9-14-3-2-8-21-14)12-4-6-13(7-5-12)19-10-15(20)22-18-19/h2-10H,1H3/b16-9+,17-11+. The van der Waals surface area contributed by atoms with Crippen LogP contribution in [0.15, 0.2) is 68.0 Å². The van der Waals surface area contributed by atoms with E-state index in [2.05, 4.69) is 20.0 Å². The molecule has 7 heteroatoms. The highest BCUT2D eigenvalue weighted by molar-refractivity contribution is 5.99. The van der Waals surface area contributed by atoms with Gasteiger partial charge in [-0.3, -0.25) is 0 Å². The molecule has 0 saturated carbocycles. The minimum atomic E-state index is -0.492. The van der Waals surface area contributed by atoms with Gasteiger partial charge in [0, 0.05) is 12.1 Å². The van der Waals surface area contributed by atoms with E-state index in [-0.39, 0.29) is 0 Å². The summed E-state index contributed by atoms with van der Waals surface area (Å²) in [6.45, 7) is 1.85. The molecule has 0 radical (unpaired) electrons. The van der Waals surface area contributed by atoms with Crippen molar-refractivity contribution in [3.8, 4) is 11.6 Å². The highest BCUT2D eigenvalue weighted by atomic mass is 16.6. The molecule has 0 unspecified atom stereocenters. The molecule has 0 atom stereocenters. The van der Waals surface area contributed by atoms with Crippen LogP contribution >= 0.6 is 0 Å². The zero-order chi connectivity index (χ0) is 15.4. The highest BCUT2D eigenvalue weighted by Gasteiger charge is 2.09. The summed E-state index contributed by atoms with van der Waals surface area (Å²) < 4.78 is 11.0. The zero-order valence-corrected chi connectivity index (χ0v) is 11.7. The third-order valence-electron chi connectivity index (χ3n) is 2.93. The normalized spacial score (nSPS) is 12.1. The number of hydrogen-bond donors (Lipinski definition) is 0. The first-order chi connectivity index (χ1) is 10.7. The monoisotopic (exact) mass is 296 g/mol. The van der Waals surface area contributed by atoms with Gasteiger partial charge < -0.3 is 14.0 Å². The van der Waals surface area contributed by atoms with Gasteiger partial charge in [0.05, 0.1) is 23.5 Å². The fourth-order valence-corrected chi connectivity index (χ4v) is 1.80. The van der Waals surface area contributed by atoms with Crippen molar-refractivity contribution in [3.63, 3.8) is 0 Å². The molecule has 0 bridgehead atoms. The molecule has 0 aliphatic rings. The van der Waals surface area contributed by atoms with Crippen molar-refractivity contribution < 1.29 is 18.7 Å². The molecule has 0 aliphatic carbocycles. The van der Waals surface area contributed by atoms with Crippen LogP contribution in [0.5, 0.6) is 5.95 Å². The Morgan fingerprint density at radius 1 is 1.27 bits per heavy atom. The summed E-state index contributed by atoms with van der Waals surface area (Å²) in [6, 6.07) is 10.9. The second-order valence-electron chi connectivity index (χ2n) is 4.46. The van der Waals surface area contributed by atoms with Gasteiger partial charge in [-0.15, -0.1) is 0 Å². The molecule has 0 N–H and O–H groups in total. The van der Waals surface area contributed by atoms with Crippen molar-refractivity contribution in [2.45, 2.75) is 6.92 Å². The Hall–Kier alpha value is -3.22. The molecular weight excluding hydrogens is 284 g/mol. The summed E-state index contributed by atoms with van der Waals surface area (Å²) >= 11 is 0. The van der Waals surface area contributed by atoms with Gasteiger partial charge in [0.15, 0.2) is 0 Å². The molecule has 3 rings (SSSR count). The molecule has 22 heavy (non-hydrogen) atoms. The molecule has 1 aromatic carbocycles. The van der Waals surface area contributed by atoms with Gasteiger partial charge in [0.2, 0.25) is 11.9 Å². The lowest BCUT2D eigenvalue weighted by atomic mass is 10.1. The Kier molecular flexibility index (Phi) is 3.78. The predicted octanol–water partition coefficient (Wildman–Crippen LogP) is 1.46. The molecule has 110 valence electrons. The second kappa shape index (κ2) is 6.04. The first-order valence-electron chi connectivity index (χ1n) is 6.50. The topological polar surface area (TPSA) is 90.8 Å². The van der Waals surface area contributed by atoms with E-state index in [0.29, 0.717) is 5.76 Å². The molecule has 3 aromatic rings. The van der Waals surface area contributed by atoms with Crippen LogP contribution in [0.1, 0.15) is 18.2 Å². The molecule has 0 aliphatic heterocycles. The van der Waals surface area contributed by atoms with E-state index in [4.69, 9.17) is 4.42 Å². The van der Waals surface area contributed by atoms with E-state index < -0.39 is 5.95 Å². The second-order valence-corrected chi connectivity index (χ2v) is 4.46. The maximum atomic E-state index is 11.0. The quantitative estimate of drug-likeness (QED) is 0.414. The Morgan fingerprint density at radius 3 is 2.73 bits per heavy atom. The van der Waals surface area contributed by atoms with Crippen LogP contribution in [-0.2, 0) is 0 Å². The van der Waals surface area contributed by atoms with Crippen molar-refractivity contribution in [2.24, 2.45) is 10.2 Å². The maximum Gasteiger partial charge on any atom is 0.239 e. The first kappa shape index (κ1) is 13.7. The molecule has 0 amide bonds. The number of aromatic nitrogens is 2. The fourth-order valence-electron chi connectivity index (χ4n) is 1.80. The Morgan fingerprint density at radius 2 is 2.09 bits per heavy atom. The summed E-state index contributed by atoms with van der Waals surface area (Å²) in [6.07, 6.45) is 4.38. The van der Waals surface area contributed by atoms with E-state index >= 15 is 0 Å². The number of furan rings is 1. The molecule has 0 spiro atoms. The van der Waals surface area contributed by atoms with E-state index in [1.807, 2.05) is 31.2 Å². The SMILES string of the molecule is C/C(=N\N=C\c1ccco1)c1ccc(-[n+]2cc([O-])on2)cc1. The van der Waals surface area contributed by atoms with Crippen molar-refractivity contribution >= 4 is 11.9 Å². The zero-order valence-electron chi connectivity index (χ0n) is 11.7. The molecular formula is C15H12N4O3. The van der Waals surface area contributed by atoms with Crippen LogP contribution < -0.4 is 9.79 Å². The molecule has 7 nitrogen and oxygen atoms in total. The number of rotatable bonds is 4. The van der Waals surface area contributed by atoms with E-state index in [1.54, 1.807) is 24.6 Å². The third-order valence-corrected chi connectivity index (χ3v) is 2.93. The van der Waals surface area contributed by atoms with Crippen LogP contribution in [0.4, 0.5) is 0 Å². The summed E-state index contributed by atoms with van der Waals surface area (Å²) in [5.74, 6) is 0.150. The lowest BCUT2D eigenvalue weighted by Gasteiger charge is -1.97. The van der Waals surface area contributed by atoms with Crippen molar-refractivity contribution in [3.05, 3.63) is 60.2 Å². The van der Waals surface area contributed by atoms with Crippen LogP contribution in [-0.4, -0.2) is 17.2 Å². The van der Waals surface area contributed by atoms with Crippen LogP contribution in [0.25, 0.3) is 5.69 Å². The average Bonchev–Trinajstić information content (AvgIpc) is 3.19. The molecule has 2 aromatic heterocycles. The Labute approximate surface area is 125 Å². The van der Waals surface area contributed by atoms with Crippen LogP contribution in [0, 0.1) is 0 Å². The fraction of sp³-hybridized carbons (Fsp3) is 0.0667. The highest BCUT2D eigenvalue weighted by Crippen LogP contribution is 2.07. The summed E-state index contributed by atoms with van der Waals surface area (Å²) in [5, 5.41) is 22.6. The summed E-state index contributed by atoms with van der Waals surface area (Å²) in [7, 11) is 0. The lowest BCUT2D eigenvalue weighted by molar-refractivity contribution is -0.670. The average molecular weight is 296 g/mol. The van der Waals surface area contributed by atoms with Gasteiger partial charge in [0.25, 0.3) is 0 Å². The van der Waals surface area contributed by atoms with E-state index in [9.17, 15) is 5.11 Å². The third kappa shape index (κ3) is 3.09. The molecule has 0 saturated heterocycles. The summed E-state index contributed by atoms with van der Waals surface area (Å²) in [4.78, 5) is 0. The Bertz CT molecular complexity index is 802. The number of hydrogen-bond acceptors (Lipinski definition) is 6. The van der Waals surface area contributed by atoms with Crippen LogP contribution in [0.3, 0.4) is 0 Å². The van der Waals surface area contributed by atoms with Crippen molar-refractivity contribution in [1.82, 2.24) is 5.27 Å². The van der Waals surface area contributed by atoms with Gasteiger partial charge in [0.1, 0.15) is 11.7 Å². The van der Waals surface area contributed by atoms with Gasteiger partial charge in [-0.25, -0.2) is 0 Å². The predicted molar refractivity (Wildman–Crippen MR) is 76.0 cm³/mol. The minimum absolute atomic E-state index is 0.492. The Balaban J connectivity index is 1.74. The van der Waals surface area contributed by atoms with Gasteiger partial charge in [-0.05, 0) is 41.4 Å². The largest absolute Gasteiger partial charge is 0.539 e. The maximum absolute atomic E-state index is 11.0. The van der Waals surface area contributed by atoms with Crippen molar-refractivity contribution in [1.29, 1.82) is 0 Å². The van der Waals surface area contributed by atoms with Crippen LogP contribution in [0.2, 0.25) is 0 Å². The first-order valence-corrected chi connectivity index (χ1v) is 6.50. The van der Waals surface area contributed by atoms with E-state index in [1.165, 1.54) is 10.9 Å². The molecule has 2 heterocycles. The molecule has 0 fully saturated rings. The van der Waals surface area contributed by atoms with E-state index in [0.717, 1.165) is 17.0 Å². The van der Waals surface area contributed by atoms with Gasteiger partial charge in [-0.1, -0.05) is 0 Å². The minimum Gasteiger partial charge on any atom is -0.539 e.